The number of H-pyrrole nitrogens is 1. The summed E-state index contributed by atoms with van der Waals surface area (Å²) in [6, 6.07) is 5.53. The van der Waals surface area contributed by atoms with Crippen molar-refractivity contribution in [2.24, 2.45) is 0 Å². The average Bonchev–Trinajstić information content (AvgIpc) is 2.87. The van der Waals surface area contributed by atoms with Gasteiger partial charge in [0.05, 0.1) is 6.54 Å². The standard InChI is InChI=1S/C13H15N5O2/c1-8-3-9(2)5-10(4-8)12(20)14-6-11(19)17-13-15-7-16-18-13/h3-5,7H,6H2,1-2H3,(H,14,20)(H2,15,16,17,18,19). The number of anilines is 1. The largest absolute Gasteiger partial charge is 0.343 e. The molecule has 1 aromatic heterocycles. The van der Waals surface area contributed by atoms with Crippen molar-refractivity contribution in [3.05, 3.63) is 41.2 Å². The van der Waals surface area contributed by atoms with Crippen molar-refractivity contribution < 1.29 is 9.59 Å². The molecule has 0 aliphatic carbocycles. The topological polar surface area (TPSA) is 99.8 Å². The zero-order chi connectivity index (χ0) is 14.5. The molecule has 104 valence electrons. The predicted molar refractivity (Wildman–Crippen MR) is 73.3 cm³/mol. The van der Waals surface area contributed by atoms with Gasteiger partial charge in [-0.2, -0.15) is 10.1 Å². The highest BCUT2D eigenvalue weighted by Crippen LogP contribution is 2.08. The Morgan fingerprint density at radius 1 is 1.20 bits per heavy atom. The first kappa shape index (κ1) is 13.7. The molecule has 20 heavy (non-hydrogen) atoms. The molecule has 1 aromatic carbocycles. The molecule has 0 saturated carbocycles. The van der Waals surface area contributed by atoms with Crippen LogP contribution < -0.4 is 10.6 Å². The molecule has 0 aliphatic heterocycles. The second kappa shape index (κ2) is 5.96. The third-order valence-corrected chi connectivity index (χ3v) is 2.57. The van der Waals surface area contributed by atoms with Gasteiger partial charge in [0.1, 0.15) is 6.33 Å². The number of carbonyl (C=O) groups is 2. The summed E-state index contributed by atoms with van der Waals surface area (Å²) in [4.78, 5) is 27.2. The quantitative estimate of drug-likeness (QED) is 0.766. The second-order valence-electron chi connectivity index (χ2n) is 4.44. The molecule has 2 rings (SSSR count). The number of hydrogen-bond donors (Lipinski definition) is 3. The molecular formula is C13H15N5O2. The molecule has 0 aliphatic rings. The van der Waals surface area contributed by atoms with Crippen molar-refractivity contribution in [2.45, 2.75) is 13.8 Å². The molecule has 0 fully saturated rings. The minimum atomic E-state index is -0.375. The van der Waals surface area contributed by atoms with Crippen LogP contribution >= 0.6 is 0 Å². The summed E-state index contributed by atoms with van der Waals surface area (Å²) in [5, 5.41) is 11.1. The van der Waals surface area contributed by atoms with E-state index in [1.54, 1.807) is 12.1 Å². The number of amides is 2. The highest BCUT2D eigenvalue weighted by atomic mass is 16.2. The fourth-order valence-electron chi connectivity index (χ4n) is 1.81. The van der Waals surface area contributed by atoms with Crippen LogP contribution in [0.4, 0.5) is 5.95 Å². The van der Waals surface area contributed by atoms with E-state index < -0.39 is 0 Å². The summed E-state index contributed by atoms with van der Waals surface area (Å²) < 4.78 is 0. The maximum Gasteiger partial charge on any atom is 0.251 e. The lowest BCUT2D eigenvalue weighted by atomic mass is 10.1. The number of aryl methyl sites for hydroxylation is 2. The van der Waals surface area contributed by atoms with E-state index in [1.807, 2.05) is 19.9 Å². The van der Waals surface area contributed by atoms with Crippen LogP contribution in [-0.4, -0.2) is 33.5 Å². The van der Waals surface area contributed by atoms with Gasteiger partial charge in [0.15, 0.2) is 0 Å². The van der Waals surface area contributed by atoms with Crippen molar-refractivity contribution in [2.75, 3.05) is 11.9 Å². The lowest BCUT2D eigenvalue weighted by molar-refractivity contribution is -0.115. The first-order valence-electron chi connectivity index (χ1n) is 6.06. The first-order chi connectivity index (χ1) is 9.54. The molecule has 0 atom stereocenters. The number of aromatic nitrogens is 3. The Labute approximate surface area is 115 Å². The zero-order valence-corrected chi connectivity index (χ0v) is 11.2. The van der Waals surface area contributed by atoms with Gasteiger partial charge in [0.2, 0.25) is 11.9 Å². The number of nitrogens with one attached hydrogen (secondary N) is 3. The fourth-order valence-corrected chi connectivity index (χ4v) is 1.81. The zero-order valence-electron chi connectivity index (χ0n) is 11.2. The molecule has 2 aromatic rings. The van der Waals surface area contributed by atoms with Crippen molar-refractivity contribution in [1.29, 1.82) is 0 Å². The van der Waals surface area contributed by atoms with Gasteiger partial charge in [-0.25, -0.2) is 5.10 Å². The van der Waals surface area contributed by atoms with E-state index in [1.165, 1.54) is 6.33 Å². The number of aromatic amines is 1. The van der Waals surface area contributed by atoms with Crippen molar-refractivity contribution >= 4 is 17.8 Å². The number of nitrogens with zero attached hydrogens (tertiary/aromatic N) is 2. The van der Waals surface area contributed by atoms with Crippen molar-refractivity contribution in [3.63, 3.8) is 0 Å². The Kier molecular flexibility index (Phi) is 4.09. The average molecular weight is 273 g/mol. The number of rotatable bonds is 4. The minimum absolute atomic E-state index is 0.132. The van der Waals surface area contributed by atoms with Gasteiger partial charge in [-0.1, -0.05) is 17.2 Å². The molecular weight excluding hydrogens is 258 g/mol. The normalized spacial score (nSPS) is 10.1. The molecule has 2 amide bonds. The van der Waals surface area contributed by atoms with Crippen LogP contribution in [0.25, 0.3) is 0 Å². The third kappa shape index (κ3) is 3.64. The predicted octanol–water partition coefficient (Wildman–Crippen LogP) is 0.790. The SMILES string of the molecule is Cc1cc(C)cc(C(=O)NCC(=O)Nc2ncn[nH]2)c1. The van der Waals surface area contributed by atoms with Crippen LogP contribution in [0, 0.1) is 13.8 Å². The smallest absolute Gasteiger partial charge is 0.251 e. The summed E-state index contributed by atoms with van der Waals surface area (Å²) >= 11 is 0. The highest BCUT2D eigenvalue weighted by Gasteiger charge is 2.09. The van der Waals surface area contributed by atoms with Crippen molar-refractivity contribution in [1.82, 2.24) is 20.5 Å². The Balaban J connectivity index is 1.90. The Morgan fingerprint density at radius 3 is 2.50 bits per heavy atom. The van der Waals surface area contributed by atoms with E-state index in [0.717, 1.165) is 11.1 Å². The van der Waals surface area contributed by atoms with Crippen molar-refractivity contribution in [3.8, 4) is 0 Å². The van der Waals surface area contributed by atoms with E-state index in [4.69, 9.17) is 0 Å². The molecule has 3 N–H and O–H groups in total. The fraction of sp³-hybridized carbons (Fsp3) is 0.231. The van der Waals surface area contributed by atoms with Gasteiger partial charge < -0.3 is 5.32 Å². The van der Waals surface area contributed by atoms with Crippen LogP contribution in [0.2, 0.25) is 0 Å². The molecule has 0 saturated heterocycles. The van der Waals surface area contributed by atoms with Crippen LogP contribution in [0.3, 0.4) is 0 Å². The van der Waals surface area contributed by atoms with Gasteiger partial charge >= 0.3 is 0 Å². The summed E-state index contributed by atoms with van der Waals surface area (Å²) in [6.07, 6.45) is 1.28. The van der Waals surface area contributed by atoms with Crippen LogP contribution in [0.5, 0.6) is 0 Å². The van der Waals surface area contributed by atoms with Gasteiger partial charge in [0, 0.05) is 5.56 Å². The van der Waals surface area contributed by atoms with E-state index in [2.05, 4.69) is 25.8 Å². The molecule has 0 unspecified atom stereocenters. The Bertz CT molecular complexity index is 601. The van der Waals surface area contributed by atoms with E-state index in [9.17, 15) is 9.59 Å². The first-order valence-corrected chi connectivity index (χ1v) is 6.06. The summed E-state index contributed by atoms with van der Waals surface area (Å²) in [6.45, 7) is 3.70. The molecule has 0 radical (unpaired) electrons. The third-order valence-electron chi connectivity index (χ3n) is 2.57. The minimum Gasteiger partial charge on any atom is -0.343 e. The van der Waals surface area contributed by atoms with E-state index in [-0.39, 0.29) is 24.3 Å². The lowest BCUT2D eigenvalue weighted by Gasteiger charge is -2.06. The van der Waals surface area contributed by atoms with E-state index >= 15 is 0 Å². The second-order valence-corrected chi connectivity index (χ2v) is 4.44. The maximum atomic E-state index is 11.9. The van der Waals surface area contributed by atoms with Crippen LogP contribution in [-0.2, 0) is 4.79 Å². The summed E-state index contributed by atoms with van der Waals surface area (Å²) in [7, 11) is 0. The monoisotopic (exact) mass is 273 g/mol. The number of benzene rings is 1. The molecule has 0 spiro atoms. The lowest BCUT2D eigenvalue weighted by Crippen LogP contribution is -2.33. The van der Waals surface area contributed by atoms with Gasteiger partial charge in [-0.3, -0.25) is 14.9 Å². The van der Waals surface area contributed by atoms with Gasteiger partial charge in [0.25, 0.3) is 5.91 Å². The van der Waals surface area contributed by atoms with E-state index in [0.29, 0.717) is 5.56 Å². The van der Waals surface area contributed by atoms with Crippen LogP contribution in [0.1, 0.15) is 21.5 Å². The molecule has 7 nitrogen and oxygen atoms in total. The number of hydrogen-bond acceptors (Lipinski definition) is 4. The number of carbonyl (C=O) groups excluding carboxylic acids is 2. The molecule has 7 heteroatoms. The summed E-state index contributed by atoms with van der Waals surface area (Å²) in [5.41, 5.74) is 2.54. The highest BCUT2D eigenvalue weighted by molar-refractivity contribution is 5.99. The molecule has 1 heterocycles. The maximum absolute atomic E-state index is 11.9. The summed E-state index contributed by atoms with van der Waals surface area (Å²) in [5.74, 6) is -0.417. The molecule has 0 bridgehead atoms. The van der Waals surface area contributed by atoms with Gasteiger partial charge in [-0.15, -0.1) is 0 Å². The Hall–Kier alpha value is -2.70. The van der Waals surface area contributed by atoms with Crippen LogP contribution in [0.15, 0.2) is 24.5 Å². The van der Waals surface area contributed by atoms with Gasteiger partial charge in [-0.05, 0) is 26.0 Å². The Morgan fingerprint density at radius 2 is 1.90 bits per heavy atom.